The highest BCUT2D eigenvalue weighted by atomic mass is 16.3. The van der Waals surface area contributed by atoms with Crippen molar-refractivity contribution in [2.75, 3.05) is 13.2 Å². The lowest BCUT2D eigenvalue weighted by Gasteiger charge is -2.04. The molecule has 2 N–H and O–H groups in total. The summed E-state index contributed by atoms with van der Waals surface area (Å²) in [5.74, 6) is 0.501. The van der Waals surface area contributed by atoms with E-state index in [1.165, 1.54) is 19.3 Å². The van der Waals surface area contributed by atoms with E-state index >= 15 is 0 Å². The Hall–Kier alpha value is -1.16. The highest BCUT2D eigenvalue weighted by molar-refractivity contribution is 5.95. The van der Waals surface area contributed by atoms with Crippen LogP contribution in [0, 0.1) is 0 Å². The molecule has 0 aliphatic rings. The molecule has 0 heterocycles. The second kappa shape index (κ2) is 37.8. The highest BCUT2D eigenvalue weighted by Gasteiger charge is 1.94. The minimum Gasteiger partial charge on any atom is -0.394 e. The summed E-state index contributed by atoms with van der Waals surface area (Å²) in [5, 5.41) is 11.5. The van der Waals surface area contributed by atoms with Crippen LogP contribution >= 0.6 is 0 Å². The fourth-order valence-corrected chi connectivity index (χ4v) is 0.661. The second-order valence-corrected chi connectivity index (χ2v) is 5.01. The summed E-state index contributed by atoms with van der Waals surface area (Å²) >= 11 is 0. The van der Waals surface area contributed by atoms with E-state index in [-0.39, 0.29) is 6.61 Å². The van der Waals surface area contributed by atoms with E-state index in [0.717, 1.165) is 11.4 Å². The van der Waals surface area contributed by atoms with E-state index in [9.17, 15) is 0 Å². The Kier molecular flexibility index (Phi) is 53.9. The molecule has 0 saturated heterocycles. The van der Waals surface area contributed by atoms with Crippen molar-refractivity contribution in [1.82, 2.24) is 5.32 Å². The number of aliphatic imine (C=N–C) groups is 2. The van der Waals surface area contributed by atoms with Crippen LogP contribution < -0.4 is 5.32 Å². The van der Waals surface area contributed by atoms with Crippen molar-refractivity contribution in [1.29, 1.82) is 0 Å². The minimum absolute atomic E-state index is 0.0274. The number of nitrogens with one attached hydrogen (secondary N) is 1. The molecule has 0 aliphatic heterocycles. The number of hydrogen-bond acceptors (Lipinski definition) is 2. The standard InChI is InChI=1S/C9H17N3O.3C3H8.C2H6/c1-7(2)11-9(10-5-6-13)12-8(3)4;3*1-3-2;1-2/h13H,1,5-6H2,2-4H3,(H,10,11);3*3H2,1-2H3;1-2H3. The minimum atomic E-state index is 0.0274. The largest absolute Gasteiger partial charge is 0.394 e. The average molecular weight is 346 g/mol. The van der Waals surface area contributed by atoms with Gasteiger partial charge >= 0.3 is 0 Å². The maximum Gasteiger partial charge on any atom is 0.222 e. The number of rotatable bonds is 3. The Labute approximate surface area is 153 Å². The monoisotopic (exact) mass is 345 g/mol. The number of aliphatic hydroxyl groups excluding tert-OH is 1. The van der Waals surface area contributed by atoms with E-state index in [1.54, 1.807) is 0 Å². The predicted octanol–water partition coefficient (Wildman–Crippen LogP) is 6.21. The van der Waals surface area contributed by atoms with Gasteiger partial charge < -0.3 is 10.4 Å². The zero-order chi connectivity index (χ0) is 20.4. The number of allylic oxidation sites excluding steroid dienone is 1. The molecule has 0 aromatic carbocycles. The Morgan fingerprint density at radius 1 is 0.875 bits per heavy atom. The van der Waals surface area contributed by atoms with E-state index in [1.807, 2.05) is 34.6 Å². The van der Waals surface area contributed by atoms with Crippen molar-refractivity contribution in [3.63, 3.8) is 0 Å². The van der Waals surface area contributed by atoms with Crippen LogP contribution in [0.3, 0.4) is 0 Å². The third-order valence-electron chi connectivity index (χ3n) is 1.02. The molecule has 0 aromatic heterocycles. The molecular weight excluding hydrogens is 298 g/mol. The van der Waals surface area contributed by atoms with Gasteiger partial charge in [0, 0.05) is 11.4 Å². The Bertz CT molecular complexity index is 263. The van der Waals surface area contributed by atoms with Gasteiger partial charge in [0.15, 0.2) is 0 Å². The highest BCUT2D eigenvalue weighted by Crippen LogP contribution is 1.86. The molecular formula is C20H47N3O. The fourth-order valence-electron chi connectivity index (χ4n) is 0.661. The first-order valence-corrected chi connectivity index (χ1v) is 9.40. The third-order valence-corrected chi connectivity index (χ3v) is 1.02. The summed E-state index contributed by atoms with van der Waals surface area (Å²) < 4.78 is 0. The lowest BCUT2D eigenvalue weighted by Crippen LogP contribution is -2.20. The van der Waals surface area contributed by atoms with Crippen LogP contribution in [0.25, 0.3) is 0 Å². The van der Waals surface area contributed by atoms with Gasteiger partial charge in [-0.3, -0.25) is 0 Å². The first-order valence-electron chi connectivity index (χ1n) is 9.40. The van der Waals surface area contributed by atoms with Crippen molar-refractivity contribution < 1.29 is 5.11 Å². The summed E-state index contributed by atoms with van der Waals surface area (Å²) in [5.41, 5.74) is 1.69. The van der Waals surface area contributed by atoms with Crippen LogP contribution in [-0.4, -0.2) is 29.9 Å². The molecule has 0 aliphatic carbocycles. The molecule has 24 heavy (non-hydrogen) atoms. The summed E-state index contributed by atoms with van der Waals surface area (Å²) in [4.78, 5) is 8.17. The zero-order valence-corrected chi connectivity index (χ0v) is 18.6. The lowest BCUT2D eigenvalue weighted by molar-refractivity contribution is 0.306. The molecule has 0 saturated carbocycles. The van der Waals surface area contributed by atoms with Crippen molar-refractivity contribution in [3.8, 4) is 0 Å². The fraction of sp³-hybridized carbons (Fsp3) is 0.800. The summed E-state index contributed by atoms with van der Waals surface area (Å²) in [7, 11) is 0. The smallest absolute Gasteiger partial charge is 0.222 e. The van der Waals surface area contributed by atoms with Crippen molar-refractivity contribution in [2.45, 2.75) is 95.4 Å². The second-order valence-electron chi connectivity index (χ2n) is 5.01. The van der Waals surface area contributed by atoms with Crippen LogP contribution in [0.1, 0.15) is 95.4 Å². The molecule has 4 nitrogen and oxygen atoms in total. The Balaban J connectivity index is -0.0000000901. The van der Waals surface area contributed by atoms with Crippen LogP contribution in [-0.2, 0) is 0 Å². The molecule has 148 valence electrons. The summed E-state index contributed by atoms with van der Waals surface area (Å²) in [6.07, 6.45) is 3.75. The van der Waals surface area contributed by atoms with Gasteiger partial charge in [-0.2, -0.15) is 0 Å². The Morgan fingerprint density at radius 3 is 1.42 bits per heavy atom. The van der Waals surface area contributed by atoms with Gasteiger partial charge in [-0.1, -0.05) is 81.2 Å². The van der Waals surface area contributed by atoms with Gasteiger partial charge in [0.2, 0.25) is 5.96 Å². The number of nitrogens with zero attached hydrogens (tertiary/aromatic N) is 2. The van der Waals surface area contributed by atoms with E-state index in [2.05, 4.69) is 63.4 Å². The van der Waals surface area contributed by atoms with Gasteiger partial charge in [-0.15, -0.1) is 0 Å². The maximum absolute atomic E-state index is 8.58. The van der Waals surface area contributed by atoms with Crippen LogP contribution in [0.4, 0.5) is 0 Å². The van der Waals surface area contributed by atoms with Gasteiger partial charge in [0.05, 0.1) is 13.2 Å². The zero-order valence-electron chi connectivity index (χ0n) is 18.6. The molecule has 0 spiro atoms. The van der Waals surface area contributed by atoms with E-state index < -0.39 is 0 Å². The topological polar surface area (TPSA) is 57.0 Å². The van der Waals surface area contributed by atoms with Crippen LogP contribution in [0.15, 0.2) is 22.3 Å². The van der Waals surface area contributed by atoms with Gasteiger partial charge in [-0.25, -0.2) is 9.98 Å². The molecule has 0 fully saturated rings. The van der Waals surface area contributed by atoms with Gasteiger partial charge in [0.25, 0.3) is 0 Å². The normalized spacial score (nSPS) is 8.42. The molecule has 0 atom stereocenters. The molecule has 0 amide bonds. The average Bonchev–Trinajstić information content (AvgIpc) is 2.48. The van der Waals surface area contributed by atoms with Crippen molar-refractivity contribution in [2.24, 2.45) is 9.98 Å². The summed E-state index contributed by atoms with van der Waals surface area (Å²) in [6, 6.07) is 0. The van der Waals surface area contributed by atoms with E-state index in [4.69, 9.17) is 5.11 Å². The number of guanidine groups is 1. The first kappa shape index (κ1) is 34.2. The van der Waals surface area contributed by atoms with Gasteiger partial charge in [0.1, 0.15) is 0 Å². The molecule has 0 rings (SSSR count). The quantitative estimate of drug-likeness (QED) is 0.471. The third kappa shape index (κ3) is 69.8. The molecule has 0 bridgehead atoms. The lowest BCUT2D eigenvalue weighted by atomic mass is 10.5. The van der Waals surface area contributed by atoms with Crippen molar-refractivity contribution in [3.05, 3.63) is 12.3 Å². The van der Waals surface area contributed by atoms with Crippen LogP contribution in [0.5, 0.6) is 0 Å². The molecule has 0 aromatic rings. The number of hydrogen-bond donors (Lipinski definition) is 2. The Morgan fingerprint density at radius 2 is 1.21 bits per heavy atom. The first-order chi connectivity index (χ1) is 11.3. The molecule has 0 radical (unpaired) electrons. The number of aliphatic hydroxyl groups is 1. The maximum atomic E-state index is 8.58. The van der Waals surface area contributed by atoms with E-state index in [0.29, 0.717) is 12.5 Å². The van der Waals surface area contributed by atoms with Crippen LogP contribution in [0.2, 0.25) is 0 Å². The van der Waals surface area contributed by atoms with Crippen molar-refractivity contribution >= 4 is 11.7 Å². The summed E-state index contributed by atoms with van der Waals surface area (Å²) in [6.45, 7) is 26.4. The SMILES string of the molecule is C=C(C)NC(N=C(C)C)=NCCO.CC.CCC.CCC.CCC. The van der Waals surface area contributed by atoms with Gasteiger partial charge in [-0.05, 0) is 20.8 Å². The predicted molar refractivity (Wildman–Crippen MR) is 115 cm³/mol. The molecule has 0 unspecified atom stereocenters. The molecule has 4 heteroatoms.